The zero-order valence-corrected chi connectivity index (χ0v) is 12.5. The highest BCUT2D eigenvalue weighted by molar-refractivity contribution is 7.89. The lowest BCUT2D eigenvalue weighted by molar-refractivity contribution is 0.157. The maximum atomic E-state index is 12.4. The molecule has 19 heavy (non-hydrogen) atoms. The molecule has 0 N–H and O–H groups in total. The van der Waals surface area contributed by atoms with E-state index in [1.165, 1.54) is 25.7 Å². The molecule has 3 rings (SSSR count). The van der Waals surface area contributed by atoms with Crippen LogP contribution in [-0.4, -0.2) is 44.8 Å². The van der Waals surface area contributed by atoms with E-state index in [0.29, 0.717) is 24.8 Å². The van der Waals surface area contributed by atoms with Gasteiger partial charge in [-0.25, -0.2) is 12.7 Å². The van der Waals surface area contributed by atoms with Crippen molar-refractivity contribution in [1.29, 1.82) is 0 Å². The molecule has 1 saturated carbocycles. The van der Waals surface area contributed by atoms with E-state index in [1.807, 2.05) is 0 Å². The summed E-state index contributed by atoms with van der Waals surface area (Å²) in [6.45, 7) is 2.95. The number of ether oxygens (including phenoxy) is 1. The Morgan fingerprint density at radius 1 is 1.21 bits per heavy atom. The van der Waals surface area contributed by atoms with E-state index in [1.54, 1.807) is 4.31 Å². The summed E-state index contributed by atoms with van der Waals surface area (Å²) >= 11 is 0. The molecule has 2 aliphatic heterocycles. The van der Waals surface area contributed by atoms with Crippen LogP contribution in [0.15, 0.2) is 0 Å². The van der Waals surface area contributed by atoms with E-state index in [2.05, 4.69) is 0 Å². The first-order valence-corrected chi connectivity index (χ1v) is 9.26. The Balaban J connectivity index is 1.55. The molecular weight excluding hydrogens is 262 g/mol. The van der Waals surface area contributed by atoms with Crippen molar-refractivity contribution in [2.45, 2.75) is 44.9 Å². The molecule has 3 aliphatic rings. The van der Waals surface area contributed by atoms with Gasteiger partial charge in [-0.2, -0.15) is 0 Å². The van der Waals surface area contributed by atoms with Gasteiger partial charge in [0.05, 0.1) is 12.4 Å². The maximum Gasteiger partial charge on any atom is 0.214 e. The molecule has 1 spiro atoms. The average Bonchev–Trinajstić information content (AvgIpc) is 3.11. The van der Waals surface area contributed by atoms with Gasteiger partial charge < -0.3 is 4.74 Å². The second kappa shape index (κ2) is 5.34. The van der Waals surface area contributed by atoms with Crippen molar-refractivity contribution in [3.8, 4) is 0 Å². The van der Waals surface area contributed by atoms with E-state index in [4.69, 9.17) is 4.74 Å². The number of nitrogens with zero attached hydrogens (tertiary/aromatic N) is 1. The van der Waals surface area contributed by atoms with Crippen LogP contribution < -0.4 is 0 Å². The summed E-state index contributed by atoms with van der Waals surface area (Å²) in [5, 5.41) is 0. The van der Waals surface area contributed by atoms with Crippen LogP contribution in [0.4, 0.5) is 0 Å². The Bertz CT molecular complexity index is 408. The van der Waals surface area contributed by atoms with Crippen molar-refractivity contribution in [3.63, 3.8) is 0 Å². The summed E-state index contributed by atoms with van der Waals surface area (Å²) in [4.78, 5) is 0. The Kier molecular flexibility index (Phi) is 3.89. The topological polar surface area (TPSA) is 46.6 Å². The highest BCUT2D eigenvalue weighted by atomic mass is 32.2. The van der Waals surface area contributed by atoms with Gasteiger partial charge in [-0.05, 0) is 25.2 Å². The number of hydrogen-bond acceptors (Lipinski definition) is 3. The molecule has 110 valence electrons. The van der Waals surface area contributed by atoms with Crippen LogP contribution in [0.25, 0.3) is 0 Å². The number of sulfonamides is 1. The van der Waals surface area contributed by atoms with E-state index in [0.717, 1.165) is 32.5 Å². The minimum atomic E-state index is -3.03. The zero-order valence-electron chi connectivity index (χ0n) is 11.6. The van der Waals surface area contributed by atoms with Gasteiger partial charge >= 0.3 is 0 Å². The Morgan fingerprint density at radius 3 is 2.68 bits per heavy atom. The normalized spacial score (nSPS) is 33.7. The van der Waals surface area contributed by atoms with Crippen LogP contribution in [0.3, 0.4) is 0 Å². The first kappa shape index (κ1) is 13.8. The number of hydrogen-bond donors (Lipinski definition) is 0. The summed E-state index contributed by atoms with van der Waals surface area (Å²) in [7, 11) is -3.03. The van der Waals surface area contributed by atoms with Crippen molar-refractivity contribution in [2.75, 3.05) is 32.1 Å². The molecule has 1 aliphatic carbocycles. The Morgan fingerprint density at radius 2 is 2.00 bits per heavy atom. The predicted molar refractivity (Wildman–Crippen MR) is 74.4 cm³/mol. The van der Waals surface area contributed by atoms with Crippen LogP contribution in [0, 0.1) is 11.3 Å². The van der Waals surface area contributed by atoms with Gasteiger partial charge in [0.25, 0.3) is 0 Å². The molecule has 3 fully saturated rings. The molecule has 0 aromatic rings. The van der Waals surface area contributed by atoms with E-state index in [-0.39, 0.29) is 5.41 Å². The smallest absolute Gasteiger partial charge is 0.214 e. The summed E-state index contributed by atoms with van der Waals surface area (Å²) in [6, 6.07) is 0. The third kappa shape index (κ3) is 2.98. The van der Waals surface area contributed by atoms with Crippen LogP contribution in [-0.2, 0) is 14.8 Å². The Labute approximate surface area is 116 Å². The molecule has 2 saturated heterocycles. The highest BCUT2D eigenvalue weighted by Crippen LogP contribution is 2.39. The molecule has 0 bridgehead atoms. The van der Waals surface area contributed by atoms with Crippen LogP contribution in [0.5, 0.6) is 0 Å². The fourth-order valence-electron chi connectivity index (χ4n) is 3.85. The van der Waals surface area contributed by atoms with Gasteiger partial charge in [0.15, 0.2) is 0 Å². The molecule has 0 radical (unpaired) electrons. The minimum Gasteiger partial charge on any atom is -0.381 e. The fraction of sp³-hybridized carbons (Fsp3) is 1.00. The molecule has 4 nitrogen and oxygen atoms in total. The van der Waals surface area contributed by atoms with Gasteiger partial charge in [0.2, 0.25) is 10.0 Å². The van der Waals surface area contributed by atoms with Crippen LogP contribution >= 0.6 is 0 Å². The molecule has 0 aromatic carbocycles. The summed E-state index contributed by atoms with van der Waals surface area (Å²) < 4.78 is 32.0. The van der Waals surface area contributed by atoms with Crippen LogP contribution in [0.2, 0.25) is 0 Å². The van der Waals surface area contributed by atoms with Crippen molar-refractivity contribution in [2.24, 2.45) is 11.3 Å². The third-order valence-corrected chi connectivity index (χ3v) is 7.09. The second-order valence-electron chi connectivity index (χ2n) is 6.64. The van der Waals surface area contributed by atoms with Gasteiger partial charge in [-0.15, -0.1) is 0 Å². The molecular formula is C14H25NO3S. The first-order chi connectivity index (χ1) is 9.10. The monoisotopic (exact) mass is 287 g/mol. The highest BCUT2D eigenvalue weighted by Gasteiger charge is 2.44. The summed E-state index contributed by atoms with van der Waals surface area (Å²) in [5.74, 6) is 1.01. The lowest BCUT2D eigenvalue weighted by Gasteiger charge is -2.22. The van der Waals surface area contributed by atoms with Crippen molar-refractivity contribution in [1.82, 2.24) is 4.31 Å². The van der Waals surface area contributed by atoms with Gasteiger partial charge in [-0.3, -0.25) is 0 Å². The first-order valence-electron chi connectivity index (χ1n) is 7.65. The molecule has 2 heterocycles. The SMILES string of the molecule is O=S(=O)(CCC1CCCC1)N1CCC2(CCOC2)C1. The molecule has 5 heteroatoms. The quantitative estimate of drug-likeness (QED) is 0.794. The minimum absolute atomic E-state index is 0.139. The zero-order chi connectivity index (χ0) is 13.3. The molecule has 0 amide bonds. The third-order valence-electron chi connectivity index (χ3n) is 5.24. The predicted octanol–water partition coefficient (Wildman–Crippen LogP) is 2.01. The maximum absolute atomic E-state index is 12.4. The largest absolute Gasteiger partial charge is 0.381 e. The fourth-order valence-corrected chi connectivity index (χ4v) is 5.58. The molecule has 1 unspecified atom stereocenters. The van der Waals surface area contributed by atoms with Crippen molar-refractivity contribution in [3.05, 3.63) is 0 Å². The lowest BCUT2D eigenvalue weighted by Crippen LogP contribution is -2.34. The standard InChI is InChI=1S/C14H25NO3S/c16-19(17,10-5-13-3-1-2-4-13)15-8-6-14(11-15)7-9-18-12-14/h13H,1-12H2. The van der Waals surface area contributed by atoms with Crippen molar-refractivity contribution >= 4 is 10.0 Å². The second-order valence-corrected chi connectivity index (χ2v) is 8.73. The van der Waals surface area contributed by atoms with Gasteiger partial charge in [-0.1, -0.05) is 25.7 Å². The van der Waals surface area contributed by atoms with Gasteiger partial charge in [0, 0.05) is 25.1 Å². The van der Waals surface area contributed by atoms with E-state index >= 15 is 0 Å². The molecule has 0 aromatic heterocycles. The number of rotatable bonds is 4. The summed E-state index contributed by atoms with van der Waals surface area (Å²) in [6.07, 6.45) is 7.91. The van der Waals surface area contributed by atoms with Crippen molar-refractivity contribution < 1.29 is 13.2 Å². The summed E-state index contributed by atoms with van der Waals surface area (Å²) in [5.41, 5.74) is 0.139. The van der Waals surface area contributed by atoms with Crippen LogP contribution in [0.1, 0.15) is 44.9 Å². The lowest BCUT2D eigenvalue weighted by atomic mass is 9.87. The average molecular weight is 287 g/mol. The van der Waals surface area contributed by atoms with Gasteiger partial charge in [0.1, 0.15) is 0 Å². The van der Waals surface area contributed by atoms with E-state index in [9.17, 15) is 8.42 Å². The Hall–Kier alpha value is -0.130. The molecule has 1 atom stereocenters. The van der Waals surface area contributed by atoms with E-state index < -0.39 is 10.0 Å².